The number of benzene rings is 1. The number of halogens is 5. The minimum Gasteiger partial charge on any atom is -0.338 e. The zero-order valence-corrected chi connectivity index (χ0v) is 18.0. The molecule has 1 aromatic carbocycles. The molecule has 1 aliphatic heterocycles. The summed E-state index contributed by atoms with van der Waals surface area (Å²) >= 11 is 12.4. The average Bonchev–Trinajstić information content (AvgIpc) is 3.12. The lowest BCUT2D eigenvalue weighted by atomic mass is 10.0. The van der Waals surface area contributed by atoms with Crippen molar-refractivity contribution in [2.45, 2.75) is 19.0 Å². The van der Waals surface area contributed by atoms with Crippen molar-refractivity contribution >= 4 is 46.0 Å². The molecule has 5 nitrogen and oxygen atoms in total. The van der Waals surface area contributed by atoms with E-state index in [9.17, 15) is 22.8 Å². The van der Waals surface area contributed by atoms with Crippen molar-refractivity contribution in [2.75, 3.05) is 13.1 Å². The van der Waals surface area contributed by atoms with Gasteiger partial charge in [-0.15, -0.1) is 0 Å². The van der Waals surface area contributed by atoms with Gasteiger partial charge in [0.15, 0.2) is 5.82 Å². The van der Waals surface area contributed by atoms with Crippen LogP contribution in [0.25, 0.3) is 11.1 Å². The van der Waals surface area contributed by atoms with Crippen LogP contribution in [0.15, 0.2) is 48.7 Å². The average molecular weight is 482 g/mol. The lowest BCUT2D eigenvalue weighted by Crippen LogP contribution is -2.37. The molecule has 0 bridgehead atoms. The fourth-order valence-electron chi connectivity index (χ4n) is 3.65. The van der Waals surface area contributed by atoms with Crippen LogP contribution in [0.2, 0.25) is 10.0 Å². The molecular weight excluding hydrogens is 466 g/mol. The summed E-state index contributed by atoms with van der Waals surface area (Å²) in [6, 6.07) is 10.1. The number of hydrogen-bond acceptors (Lipinski definition) is 3. The van der Waals surface area contributed by atoms with Crippen molar-refractivity contribution in [2.24, 2.45) is 0 Å². The number of imidazole rings is 1. The number of amides is 1. The Bertz CT molecular complexity index is 1230. The molecule has 0 saturated carbocycles. The van der Waals surface area contributed by atoms with Crippen molar-refractivity contribution in [3.63, 3.8) is 0 Å². The van der Waals surface area contributed by atoms with Gasteiger partial charge < -0.3 is 4.90 Å². The molecule has 2 aromatic heterocycles. The first-order chi connectivity index (χ1) is 15.2. The van der Waals surface area contributed by atoms with Crippen molar-refractivity contribution in [1.29, 1.82) is 0 Å². The second-order valence-electron chi connectivity index (χ2n) is 7.28. The third-order valence-electron chi connectivity index (χ3n) is 5.16. The minimum absolute atomic E-state index is 0.0374. The summed E-state index contributed by atoms with van der Waals surface area (Å²) < 4.78 is 39.2. The van der Waals surface area contributed by atoms with E-state index in [1.807, 2.05) is 0 Å². The number of alkyl halides is 3. The topological polar surface area (TPSA) is 54.7 Å². The monoisotopic (exact) mass is 481 g/mol. The highest BCUT2D eigenvalue weighted by molar-refractivity contribution is 6.40. The maximum Gasteiger partial charge on any atom is 0.397 e. The summed E-state index contributed by atoms with van der Waals surface area (Å²) in [6.07, 6.45) is -2.36. The van der Waals surface area contributed by atoms with Gasteiger partial charge in [-0.2, -0.15) is 13.2 Å². The molecule has 1 aliphatic rings. The maximum atomic E-state index is 13.2. The fourth-order valence-corrected chi connectivity index (χ4v) is 4.22. The number of carbonyl (C=O) groups excluding carboxylic acids is 2. The molecule has 1 amide bonds. The van der Waals surface area contributed by atoms with Crippen LogP contribution in [0, 0.1) is 0 Å². The van der Waals surface area contributed by atoms with E-state index in [4.69, 9.17) is 23.2 Å². The Balaban J connectivity index is 1.69. The molecule has 3 aromatic rings. The van der Waals surface area contributed by atoms with Gasteiger partial charge in [0.2, 0.25) is 11.7 Å². The van der Waals surface area contributed by atoms with Gasteiger partial charge in [-0.3, -0.25) is 14.0 Å². The third-order valence-corrected chi connectivity index (χ3v) is 5.79. The van der Waals surface area contributed by atoms with E-state index in [1.165, 1.54) is 0 Å². The van der Waals surface area contributed by atoms with Gasteiger partial charge in [0.05, 0.1) is 26.8 Å². The number of fused-ring (bicyclic) bond motifs is 1. The number of carbonyl (C=O) groups is 2. The van der Waals surface area contributed by atoms with Crippen LogP contribution in [0.3, 0.4) is 0 Å². The molecule has 166 valence electrons. The lowest BCUT2D eigenvalue weighted by Gasteiger charge is -2.26. The van der Waals surface area contributed by atoms with Crippen LogP contribution in [-0.2, 0) is 4.79 Å². The first-order valence-electron chi connectivity index (χ1n) is 9.65. The highest BCUT2D eigenvalue weighted by Crippen LogP contribution is 2.31. The number of pyridine rings is 1. The minimum atomic E-state index is -4.55. The maximum absolute atomic E-state index is 13.2. The van der Waals surface area contributed by atoms with E-state index >= 15 is 0 Å². The van der Waals surface area contributed by atoms with Crippen LogP contribution in [0.5, 0.6) is 0 Å². The molecule has 10 heteroatoms. The molecule has 0 spiro atoms. The van der Waals surface area contributed by atoms with Gasteiger partial charge in [-0.25, -0.2) is 4.98 Å². The summed E-state index contributed by atoms with van der Waals surface area (Å²) in [5.74, 6) is -1.31. The SMILES string of the molecule is O=C(c1c(Cl)cccc1Cl)c1nc(C2=CCN(C(=O)CC(F)(F)F)CC2)c2ccccn12. The standard InChI is InChI=1S/C22H16Cl2F3N3O2/c23-14-4-3-5-15(24)18(14)20(32)21-28-19(16-6-1-2-9-30(16)21)13-7-10-29(11-8-13)17(31)12-22(25,26)27/h1-7,9H,8,10-12H2. The number of rotatable bonds is 4. The summed E-state index contributed by atoms with van der Waals surface area (Å²) in [5.41, 5.74) is 2.06. The van der Waals surface area contributed by atoms with Crippen molar-refractivity contribution in [1.82, 2.24) is 14.3 Å². The molecule has 0 N–H and O–H groups in total. The van der Waals surface area contributed by atoms with Crippen LogP contribution < -0.4 is 0 Å². The summed E-state index contributed by atoms with van der Waals surface area (Å²) in [5, 5.41) is 0.403. The normalized spacial score (nSPS) is 14.5. The Morgan fingerprint density at radius 2 is 1.78 bits per heavy atom. The van der Waals surface area contributed by atoms with Gasteiger partial charge in [-0.05, 0) is 36.3 Å². The Morgan fingerprint density at radius 1 is 1.06 bits per heavy atom. The Morgan fingerprint density at radius 3 is 2.41 bits per heavy atom. The van der Waals surface area contributed by atoms with Crippen molar-refractivity contribution in [3.8, 4) is 0 Å². The number of ketones is 1. The van der Waals surface area contributed by atoms with Crippen LogP contribution >= 0.6 is 23.2 Å². The van der Waals surface area contributed by atoms with E-state index in [0.717, 1.165) is 10.5 Å². The number of nitrogens with zero attached hydrogens (tertiary/aromatic N) is 3. The van der Waals surface area contributed by atoms with Crippen LogP contribution in [0.4, 0.5) is 13.2 Å². The molecule has 0 fully saturated rings. The molecule has 3 heterocycles. The summed E-state index contributed by atoms with van der Waals surface area (Å²) in [6.45, 7) is 0.169. The summed E-state index contributed by atoms with van der Waals surface area (Å²) in [7, 11) is 0. The van der Waals surface area contributed by atoms with Crippen molar-refractivity contribution in [3.05, 3.63) is 75.8 Å². The zero-order chi connectivity index (χ0) is 23.0. The Labute approximate surface area is 191 Å². The molecule has 0 atom stereocenters. The highest BCUT2D eigenvalue weighted by atomic mass is 35.5. The molecular formula is C22H16Cl2F3N3O2. The van der Waals surface area contributed by atoms with E-state index in [1.54, 1.807) is 53.1 Å². The molecule has 0 unspecified atom stereocenters. The third kappa shape index (κ3) is 4.38. The number of aromatic nitrogens is 2. The van der Waals surface area contributed by atoms with Gasteiger partial charge in [0.25, 0.3) is 0 Å². The van der Waals surface area contributed by atoms with Crippen LogP contribution in [0.1, 0.15) is 34.7 Å². The number of hydrogen-bond donors (Lipinski definition) is 0. The van der Waals surface area contributed by atoms with E-state index in [0.29, 0.717) is 17.6 Å². The predicted octanol–water partition coefficient (Wildman–Crippen LogP) is 5.44. The first kappa shape index (κ1) is 22.4. The second kappa shape index (κ2) is 8.60. The van der Waals surface area contributed by atoms with E-state index in [2.05, 4.69) is 4.98 Å². The van der Waals surface area contributed by atoms with Crippen LogP contribution in [-0.4, -0.2) is 45.2 Å². The van der Waals surface area contributed by atoms with Crippen molar-refractivity contribution < 1.29 is 22.8 Å². The Hall–Kier alpha value is -2.84. The zero-order valence-electron chi connectivity index (χ0n) is 16.5. The molecule has 0 aliphatic carbocycles. The predicted molar refractivity (Wildman–Crippen MR) is 115 cm³/mol. The van der Waals surface area contributed by atoms with E-state index < -0.39 is 24.3 Å². The highest BCUT2D eigenvalue weighted by Gasteiger charge is 2.34. The van der Waals surface area contributed by atoms with Gasteiger partial charge in [0.1, 0.15) is 6.42 Å². The smallest absolute Gasteiger partial charge is 0.338 e. The van der Waals surface area contributed by atoms with E-state index in [-0.39, 0.29) is 34.5 Å². The lowest BCUT2D eigenvalue weighted by molar-refractivity contribution is -0.161. The second-order valence-corrected chi connectivity index (χ2v) is 8.09. The van der Waals surface area contributed by atoms with Gasteiger partial charge in [-0.1, -0.05) is 41.4 Å². The molecule has 32 heavy (non-hydrogen) atoms. The van der Waals surface area contributed by atoms with Gasteiger partial charge in [0, 0.05) is 19.3 Å². The van der Waals surface area contributed by atoms with Gasteiger partial charge >= 0.3 is 6.18 Å². The molecule has 4 rings (SSSR count). The quantitative estimate of drug-likeness (QED) is 0.466. The molecule has 0 radical (unpaired) electrons. The Kier molecular flexibility index (Phi) is 6.01. The fraction of sp³-hybridized carbons (Fsp3) is 0.227. The largest absolute Gasteiger partial charge is 0.397 e. The summed E-state index contributed by atoms with van der Waals surface area (Å²) in [4.78, 5) is 30.8. The molecule has 0 saturated heterocycles. The first-order valence-corrected chi connectivity index (χ1v) is 10.4.